The van der Waals surface area contributed by atoms with Gasteiger partial charge in [-0.15, -0.1) is 0 Å². The van der Waals surface area contributed by atoms with Gasteiger partial charge in [-0.3, -0.25) is 0 Å². The molecule has 0 heterocycles. The molecule has 0 aliphatic rings. The van der Waals surface area contributed by atoms with Gasteiger partial charge in [0.2, 0.25) is 0 Å². The molecule has 106 valence electrons. The van der Waals surface area contributed by atoms with E-state index in [1.165, 1.54) is 0 Å². The van der Waals surface area contributed by atoms with E-state index in [4.69, 9.17) is 5.11 Å². The first-order valence-electron chi connectivity index (χ1n) is 3.44. The van der Waals surface area contributed by atoms with E-state index >= 15 is 0 Å². The van der Waals surface area contributed by atoms with Gasteiger partial charge in [-0.1, -0.05) is 0 Å². The molecule has 0 bridgehead atoms. The molecule has 13 heteroatoms. The van der Waals surface area contributed by atoms with E-state index in [0.717, 1.165) is 0 Å². The normalized spacial score (nSPS) is 12.8. The predicted octanol–water partition coefficient (Wildman–Crippen LogP) is 2.54. The fourth-order valence-electron chi connectivity index (χ4n) is 0.420. The summed E-state index contributed by atoms with van der Waals surface area (Å²) in [7, 11) is 0. The van der Waals surface area contributed by atoms with Crippen LogP contribution in [-0.2, 0) is 14.5 Å². The molecule has 0 radical (unpaired) electrons. The Morgan fingerprint density at radius 1 is 0.889 bits per heavy atom. The zero-order valence-corrected chi connectivity index (χ0v) is 7.63. The Morgan fingerprint density at radius 2 is 1.33 bits per heavy atom. The van der Waals surface area contributed by atoms with Crippen LogP contribution in [0.3, 0.4) is 0 Å². The minimum Gasteiger partial charge on any atom is -0.447 e. The molecule has 0 spiro atoms. The molecule has 0 aromatic heterocycles. The second-order valence-corrected chi connectivity index (χ2v) is 2.37. The smallest absolute Gasteiger partial charge is 0.447 e. The summed E-state index contributed by atoms with van der Waals surface area (Å²) < 4.78 is 85.6. The number of halogens is 7. The van der Waals surface area contributed by atoms with Gasteiger partial charge in [0.25, 0.3) is 0 Å². The van der Waals surface area contributed by atoms with Crippen LogP contribution in [0.4, 0.5) is 40.3 Å². The van der Waals surface area contributed by atoms with Crippen LogP contribution in [-0.4, -0.2) is 35.6 Å². The minimum absolute atomic E-state index is 2.33. The number of carbonyl (C=O) groups is 2. The second-order valence-electron chi connectivity index (χ2n) is 2.37. The number of hydrogen-bond donors (Lipinski definition) is 1. The molecule has 0 aliphatic carbocycles. The molecule has 0 fully saturated rings. The van der Waals surface area contributed by atoms with Crippen molar-refractivity contribution in [2.24, 2.45) is 0 Å². The number of alkyl halides is 7. The Kier molecular flexibility index (Phi) is 4.22. The lowest BCUT2D eigenvalue weighted by molar-refractivity contribution is -0.416. The number of rotatable bonds is 2. The van der Waals surface area contributed by atoms with E-state index in [-0.39, 0.29) is 0 Å². The fourth-order valence-corrected chi connectivity index (χ4v) is 0.420. The highest BCUT2D eigenvalue weighted by molar-refractivity contribution is 5.62. The number of ether oxygens (including phenoxy) is 1. The predicted molar refractivity (Wildman–Crippen MR) is 32.6 cm³/mol. The zero-order valence-electron chi connectivity index (χ0n) is 7.63. The molecular formula is C5HF7O6. The Balaban J connectivity index is 4.75. The minimum atomic E-state index is -6.72. The van der Waals surface area contributed by atoms with Crippen LogP contribution < -0.4 is 0 Å². The molecule has 18 heavy (non-hydrogen) atoms. The van der Waals surface area contributed by atoms with Crippen molar-refractivity contribution in [3.05, 3.63) is 0 Å². The summed E-state index contributed by atoms with van der Waals surface area (Å²) in [5.41, 5.74) is 0. The first-order chi connectivity index (χ1) is 7.81. The van der Waals surface area contributed by atoms with Crippen molar-refractivity contribution in [1.82, 2.24) is 0 Å². The third-order valence-corrected chi connectivity index (χ3v) is 1.11. The molecule has 6 nitrogen and oxygen atoms in total. The van der Waals surface area contributed by atoms with E-state index in [0.29, 0.717) is 0 Å². The highest BCUT2D eigenvalue weighted by Gasteiger charge is 2.76. The SMILES string of the molecule is O=C(O)OOC(=O)OC(F)(F)C(F)(F)C(F)(F)F. The Morgan fingerprint density at radius 3 is 1.67 bits per heavy atom. The van der Waals surface area contributed by atoms with E-state index < -0.39 is 30.5 Å². The largest absolute Gasteiger partial charge is 0.554 e. The molecular weight excluding hydrogens is 289 g/mol. The molecule has 0 rings (SSSR count). The van der Waals surface area contributed by atoms with E-state index in [1.807, 2.05) is 0 Å². The Bertz CT molecular complexity index is 336. The first kappa shape index (κ1) is 16.1. The molecule has 0 saturated heterocycles. The van der Waals surface area contributed by atoms with Crippen LogP contribution in [0.25, 0.3) is 0 Å². The van der Waals surface area contributed by atoms with Crippen LogP contribution in [0.15, 0.2) is 0 Å². The van der Waals surface area contributed by atoms with Crippen LogP contribution >= 0.6 is 0 Å². The Labute approximate surface area is 91.7 Å². The van der Waals surface area contributed by atoms with Crippen molar-refractivity contribution in [2.75, 3.05) is 0 Å². The summed E-state index contributed by atoms with van der Waals surface area (Å²) in [4.78, 5) is 25.3. The summed E-state index contributed by atoms with van der Waals surface area (Å²) in [5.74, 6) is -6.71. The van der Waals surface area contributed by atoms with Gasteiger partial charge >= 0.3 is 30.5 Å². The van der Waals surface area contributed by atoms with Crippen molar-refractivity contribution in [1.29, 1.82) is 0 Å². The van der Waals surface area contributed by atoms with Gasteiger partial charge in [0.1, 0.15) is 0 Å². The summed E-state index contributed by atoms with van der Waals surface area (Å²) in [6, 6.07) is 0. The van der Waals surface area contributed by atoms with Crippen molar-refractivity contribution in [3.8, 4) is 0 Å². The van der Waals surface area contributed by atoms with Crippen LogP contribution in [0.2, 0.25) is 0 Å². The maximum atomic E-state index is 12.3. The van der Waals surface area contributed by atoms with E-state index in [1.54, 1.807) is 0 Å². The lowest BCUT2D eigenvalue weighted by atomic mass is 10.3. The number of carboxylic acid groups (broad SMARTS) is 1. The number of carbonyl (C=O) groups excluding carboxylic acids is 1. The van der Waals surface area contributed by atoms with Crippen LogP contribution in [0.5, 0.6) is 0 Å². The third-order valence-electron chi connectivity index (χ3n) is 1.11. The molecule has 0 saturated carbocycles. The van der Waals surface area contributed by atoms with Crippen molar-refractivity contribution < 1.29 is 59.9 Å². The number of hydrogen-bond acceptors (Lipinski definition) is 5. The van der Waals surface area contributed by atoms with Crippen LogP contribution in [0.1, 0.15) is 0 Å². The topological polar surface area (TPSA) is 82.1 Å². The standard InChI is InChI=1S/C5HF7O6/c6-3(7,4(8,9)10)5(11,12)16-2(15)18-17-1(13)14/h(H,13,14). The van der Waals surface area contributed by atoms with Gasteiger partial charge in [0, 0.05) is 0 Å². The molecule has 0 aliphatic heterocycles. The average Bonchev–Trinajstić information content (AvgIpc) is 2.11. The molecule has 0 unspecified atom stereocenters. The molecule has 0 atom stereocenters. The van der Waals surface area contributed by atoms with Gasteiger partial charge < -0.3 is 9.84 Å². The molecule has 0 aromatic carbocycles. The van der Waals surface area contributed by atoms with Crippen LogP contribution in [0, 0.1) is 0 Å². The van der Waals surface area contributed by atoms with Crippen molar-refractivity contribution in [2.45, 2.75) is 18.2 Å². The lowest BCUT2D eigenvalue weighted by Crippen LogP contribution is -2.54. The average molecular weight is 290 g/mol. The van der Waals surface area contributed by atoms with E-state index in [2.05, 4.69) is 14.5 Å². The summed E-state index contributed by atoms with van der Waals surface area (Å²) >= 11 is 0. The van der Waals surface area contributed by atoms with E-state index in [9.17, 15) is 40.3 Å². The highest BCUT2D eigenvalue weighted by atomic mass is 19.4. The second kappa shape index (κ2) is 4.73. The molecule has 0 amide bonds. The third kappa shape index (κ3) is 3.53. The maximum absolute atomic E-state index is 12.3. The summed E-state index contributed by atoms with van der Waals surface area (Å²) in [6.07, 6.45) is -18.3. The monoisotopic (exact) mass is 290 g/mol. The van der Waals surface area contributed by atoms with Crippen molar-refractivity contribution >= 4 is 12.3 Å². The molecule has 1 N–H and O–H groups in total. The lowest BCUT2D eigenvalue weighted by Gasteiger charge is -2.25. The first-order valence-corrected chi connectivity index (χ1v) is 3.44. The fraction of sp³-hybridized carbons (Fsp3) is 0.600. The maximum Gasteiger partial charge on any atom is 0.554 e. The van der Waals surface area contributed by atoms with Gasteiger partial charge in [0.05, 0.1) is 0 Å². The summed E-state index contributed by atoms with van der Waals surface area (Å²) in [5, 5.41) is 7.68. The van der Waals surface area contributed by atoms with Gasteiger partial charge in [0.15, 0.2) is 0 Å². The van der Waals surface area contributed by atoms with Gasteiger partial charge in [-0.05, 0) is 0 Å². The quantitative estimate of drug-likeness (QED) is 0.364. The zero-order chi connectivity index (χ0) is 14.8. The van der Waals surface area contributed by atoms with Crippen molar-refractivity contribution in [3.63, 3.8) is 0 Å². The molecule has 0 aromatic rings. The highest BCUT2D eigenvalue weighted by Crippen LogP contribution is 2.47. The van der Waals surface area contributed by atoms with Gasteiger partial charge in [-0.2, -0.15) is 40.4 Å². The Hall–Kier alpha value is -1.95. The summed E-state index contributed by atoms with van der Waals surface area (Å²) in [6.45, 7) is 0. The van der Waals surface area contributed by atoms with Gasteiger partial charge in [-0.25, -0.2) is 9.68 Å².